The van der Waals surface area contributed by atoms with Crippen molar-refractivity contribution in [2.75, 3.05) is 5.32 Å². The molecule has 0 aliphatic heterocycles. The molecule has 3 aromatic rings. The number of hydrogen-bond acceptors (Lipinski definition) is 5. The van der Waals surface area contributed by atoms with Crippen molar-refractivity contribution in [3.63, 3.8) is 0 Å². The Morgan fingerprint density at radius 1 is 1.15 bits per heavy atom. The van der Waals surface area contributed by atoms with E-state index in [1.54, 1.807) is 31.2 Å². The molecule has 2 heterocycles. The largest absolute Gasteiger partial charge is 0.317 e. The number of pyridine rings is 2. The molecule has 5 atom stereocenters. The van der Waals surface area contributed by atoms with E-state index in [9.17, 15) is 9.18 Å². The first-order chi connectivity index (χ1) is 15.8. The third kappa shape index (κ3) is 3.96. The van der Waals surface area contributed by atoms with Gasteiger partial charge >= 0.3 is 0 Å². The predicted octanol–water partition coefficient (Wildman–Crippen LogP) is 4.52. The SMILES string of the molecule is CC(N)(C(=O)Nc1ccc(C#N)cn1)[C@H]1C[C@H]2C[C@@H](c3ccnc4ccc(F)cc34)C[C@H]2C1. The van der Waals surface area contributed by atoms with Crippen LogP contribution in [0.15, 0.2) is 48.8 Å². The zero-order valence-corrected chi connectivity index (χ0v) is 18.5. The Kier molecular flexibility index (Phi) is 5.34. The predicted molar refractivity (Wildman–Crippen MR) is 124 cm³/mol. The highest BCUT2D eigenvalue weighted by Gasteiger charge is 2.49. The smallest absolute Gasteiger partial charge is 0.245 e. The average molecular weight is 444 g/mol. The van der Waals surface area contributed by atoms with Crippen LogP contribution in [0.1, 0.15) is 49.7 Å². The first-order valence-corrected chi connectivity index (χ1v) is 11.4. The van der Waals surface area contributed by atoms with E-state index >= 15 is 0 Å². The second-order valence-corrected chi connectivity index (χ2v) is 9.70. The van der Waals surface area contributed by atoms with Crippen molar-refractivity contribution in [1.29, 1.82) is 5.26 Å². The molecule has 0 saturated heterocycles. The van der Waals surface area contributed by atoms with E-state index in [-0.39, 0.29) is 17.6 Å². The molecule has 2 fully saturated rings. The number of halogens is 1. The molecule has 1 aromatic carbocycles. The number of anilines is 1. The van der Waals surface area contributed by atoms with Gasteiger partial charge in [-0.25, -0.2) is 9.37 Å². The lowest BCUT2D eigenvalue weighted by Gasteiger charge is -2.31. The van der Waals surface area contributed by atoms with E-state index < -0.39 is 5.54 Å². The van der Waals surface area contributed by atoms with E-state index in [1.807, 2.05) is 18.3 Å². The highest BCUT2D eigenvalue weighted by atomic mass is 19.1. The average Bonchev–Trinajstić information content (AvgIpc) is 3.39. The van der Waals surface area contributed by atoms with Crippen LogP contribution in [0.25, 0.3) is 10.9 Å². The van der Waals surface area contributed by atoms with Crippen LogP contribution < -0.4 is 11.1 Å². The molecule has 2 aliphatic carbocycles. The molecule has 0 radical (unpaired) electrons. The third-order valence-electron chi connectivity index (χ3n) is 7.66. The normalized spacial score (nSPS) is 25.9. The molecule has 1 amide bonds. The highest BCUT2D eigenvalue weighted by molar-refractivity contribution is 5.97. The van der Waals surface area contributed by atoms with Gasteiger partial charge in [-0.2, -0.15) is 5.26 Å². The number of amides is 1. The van der Waals surface area contributed by atoms with Crippen molar-refractivity contribution >= 4 is 22.6 Å². The number of nitrogens with two attached hydrogens (primary N) is 1. The molecule has 0 bridgehead atoms. The summed E-state index contributed by atoms with van der Waals surface area (Å²) in [5.74, 6) is 1.35. The Hall–Kier alpha value is -3.37. The van der Waals surface area contributed by atoms with Gasteiger partial charge in [-0.15, -0.1) is 0 Å². The summed E-state index contributed by atoms with van der Waals surface area (Å²) in [7, 11) is 0. The van der Waals surface area contributed by atoms with Gasteiger partial charge in [-0.1, -0.05) is 0 Å². The quantitative estimate of drug-likeness (QED) is 0.617. The number of carbonyl (C=O) groups excluding carboxylic acids is 1. The van der Waals surface area contributed by atoms with Crippen molar-refractivity contribution in [2.24, 2.45) is 23.5 Å². The minimum absolute atomic E-state index is 0.0819. The Bertz CT molecular complexity index is 1240. The standard InChI is InChI=1S/C26H26FN5O/c1-26(29,25(33)32-24-5-2-15(13-28)14-31-24)19-10-16-8-18(9-17(16)11-19)21-6-7-30-23-4-3-20(27)12-22(21)23/h2-7,12,14,16-19H,8-11,29H2,1H3,(H,31,32,33)/t16-,17+,18-,19+,26?. The van der Waals surface area contributed by atoms with Crippen molar-refractivity contribution < 1.29 is 9.18 Å². The van der Waals surface area contributed by atoms with Crippen LogP contribution >= 0.6 is 0 Å². The summed E-state index contributed by atoms with van der Waals surface area (Å²) in [6, 6.07) is 12.0. The number of fused-ring (bicyclic) bond motifs is 2. The van der Waals surface area contributed by atoms with E-state index in [2.05, 4.69) is 15.3 Å². The van der Waals surface area contributed by atoms with Crippen molar-refractivity contribution in [2.45, 2.75) is 44.1 Å². The van der Waals surface area contributed by atoms with Crippen molar-refractivity contribution in [1.82, 2.24) is 9.97 Å². The number of nitrogens with zero attached hydrogens (tertiary/aromatic N) is 3. The van der Waals surface area contributed by atoms with E-state index in [4.69, 9.17) is 11.0 Å². The van der Waals surface area contributed by atoms with Crippen LogP contribution in [0.2, 0.25) is 0 Å². The Labute approximate surface area is 192 Å². The number of hydrogen-bond donors (Lipinski definition) is 2. The fraction of sp³-hybridized carbons (Fsp3) is 0.385. The van der Waals surface area contributed by atoms with Gasteiger partial charge in [0.25, 0.3) is 0 Å². The molecule has 2 aromatic heterocycles. The number of carbonyl (C=O) groups is 1. The van der Waals surface area contributed by atoms with Gasteiger partial charge in [-0.05, 0) is 98.2 Å². The number of rotatable bonds is 4. The molecule has 2 saturated carbocycles. The second kappa shape index (κ2) is 8.20. The first kappa shape index (κ1) is 21.5. The molecule has 7 heteroatoms. The van der Waals surface area contributed by atoms with Gasteiger partial charge in [0.2, 0.25) is 5.91 Å². The van der Waals surface area contributed by atoms with Crippen LogP contribution in [0.3, 0.4) is 0 Å². The monoisotopic (exact) mass is 443 g/mol. The maximum absolute atomic E-state index is 13.9. The lowest BCUT2D eigenvalue weighted by molar-refractivity contribution is -0.122. The minimum Gasteiger partial charge on any atom is -0.317 e. The number of aromatic nitrogens is 2. The molecule has 5 rings (SSSR count). The Balaban J connectivity index is 1.27. The zero-order chi connectivity index (χ0) is 23.2. The molecule has 3 N–H and O–H groups in total. The highest BCUT2D eigenvalue weighted by Crippen LogP contribution is 2.55. The Morgan fingerprint density at radius 3 is 2.58 bits per heavy atom. The lowest BCUT2D eigenvalue weighted by Crippen LogP contribution is -2.53. The molecular weight excluding hydrogens is 417 g/mol. The summed E-state index contributed by atoms with van der Waals surface area (Å²) >= 11 is 0. The summed E-state index contributed by atoms with van der Waals surface area (Å²) in [5.41, 5.74) is 7.99. The molecule has 33 heavy (non-hydrogen) atoms. The fourth-order valence-electron chi connectivity index (χ4n) is 5.83. The van der Waals surface area contributed by atoms with Gasteiger partial charge in [0, 0.05) is 17.8 Å². The summed E-state index contributed by atoms with van der Waals surface area (Å²) < 4.78 is 13.9. The Morgan fingerprint density at radius 2 is 1.91 bits per heavy atom. The number of benzene rings is 1. The van der Waals surface area contributed by atoms with Gasteiger partial charge in [0.05, 0.1) is 16.6 Å². The molecule has 0 spiro atoms. The maximum Gasteiger partial charge on any atom is 0.245 e. The van der Waals surface area contributed by atoms with Crippen molar-refractivity contribution in [3.8, 4) is 6.07 Å². The van der Waals surface area contributed by atoms with Gasteiger partial charge in [-0.3, -0.25) is 9.78 Å². The maximum atomic E-state index is 13.9. The summed E-state index contributed by atoms with van der Waals surface area (Å²) in [5, 5.41) is 12.6. The van der Waals surface area contributed by atoms with Gasteiger partial charge < -0.3 is 11.1 Å². The topological polar surface area (TPSA) is 105 Å². The van der Waals surface area contributed by atoms with Crippen LogP contribution in [0, 0.1) is 34.9 Å². The molecule has 1 unspecified atom stereocenters. The summed E-state index contributed by atoms with van der Waals surface area (Å²) in [4.78, 5) is 21.5. The van der Waals surface area contributed by atoms with E-state index in [0.717, 1.165) is 36.6 Å². The van der Waals surface area contributed by atoms with Gasteiger partial charge in [0.1, 0.15) is 17.7 Å². The van der Waals surface area contributed by atoms with Crippen LogP contribution in [0.5, 0.6) is 0 Å². The number of nitriles is 1. The third-order valence-corrected chi connectivity index (χ3v) is 7.66. The van der Waals surface area contributed by atoms with E-state index in [0.29, 0.717) is 29.1 Å². The van der Waals surface area contributed by atoms with Crippen molar-refractivity contribution in [3.05, 3.63) is 65.7 Å². The zero-order valence-electron chi connectivity index (χ0n) is 18.5. The van der Waals surface area contributed by atoms with Gasteiger partial charge in [0.15, 0.2) is 0 Å². The first-order valence-electron chi connectivity index (χ1n) is 11.4. The second-order valence-electron chi connectivity index (χ2n) is 9.70. The summed E-state index contributed by atoms with van der Waals surface area (Å²) in [6.45, 7) is 1.80. The molecule has 2 aliphatic rings. The summed E-state index contributed by atoms with van der Waals surface area (Å²) in [6.07, 6.45) is 7.08. The lowest BCUT2D eigenvalue weighted by atomic mass is 9.81. The minimum atomic E-state index is -1.01. The molecule has 168 valence electrons. The number of nitrogens with one attached hydrogen (secondary N) is 1. The van der Waals surface area contributed by atoms with Crippen LogP contribution in [-0.2, 0) is 4.79 Å². The van der Waals surface area contributed by atoms with E-state index in [1.165, 1.54) is 17.8 Å². The molecular formula is C26H26FN5O. The van der Waals surface area contributed by atoms with Crippen LogP contribution in [0.4, 0.5) is 10.2 Å². The van der Waals surface area contributed by atoms with Crippen LogP contribution in [-0.4, -0.2) is 21.4 Å². The molecule has 6 nitrogen and oxygen atoms in total. The fourth-order valence-corrected chi connectivity index (χ4v) is 5.83.